The highest BCUT2D eigenvalue weighted by atomic mass is 16.5. The van der Waals surface area contributed by atoms with E-state index in [1.54, 1.807) is 7.11 Å². The second kappa shape index (κ2) is 7.37. The van der Waals surface area contributed by atoms with Crippen LogP contribution in [0.15, 0.2) is 24.3 Å². The number of rotatable bonds is 6. The van der Waals surface area contributed by atoms with Crippen molar-refractivity contribution in [3.05, 3.63) is 24.3 Å². The first kappa shape index (κ1) is 16.4. The van der Waals surface area contributed by atoms with Crippen LogP contribution in [0.3, 0.4) is 0 Å². The second-order valence-corrected chi connectivity index (χ2v) is 7.04. The fraction of sp³-hybridized carbons (Fsp3) is 0.650. The van der Waals surface area contributed by atoms with Gasteiger partial charge >= 0.3 is 0 Å². The molecule has 1 aromatic rings. The highest BCUT2D eigenvalue weighted by Crippen LogP contribution is 2.44. The summed E-state index contributed by atoms with van der Waals surface area (Å²) in [6, 6.07) is 8.40. The molecule has 3 heteroatoms. The van der Waals surface area contributed by atoms with Gasteiger partial charge in [-0.2, -0.15) is 0 Å². The fourth-order valence-corrected chi connectivity index (χ4v) is 4.34. The van der Waals surface area contributed by atoms with Crippen molar-refractivity contribution in [1.82, 2.24) is 0 Å². The zero-order valence-corrected chi connectivity index (χ0v) is 14.5. The summed E-state index contributed by atoms with van der Waals surface area (Å²) in [4.78, 5) is 14.8. The van der Waals surface area contributed by atoms with Crippen molar-refractivity contribution in [3.8, 4) is 5.75 Å². The third kappa shape index (κ3) is 3.24. The third-order valence-corrected chi connectivity index (χ3v) is 5.62. The normalized spacial score (nSPS) is 25.3. The molecule has 1 aromatic carbocycles. The van der Waals surface area contributed by atoms with Crippen LogP contribution in [-0.2, 0) is 4.79 Å². The van der Waals surface area contributed by atoms with E-state index in [9.17, 15) is 4.79 Å². The lowest BCUT2D eigenvalue weighted by molar-refractivity contribution is -0.132. The maximum Gasteiger partial charge on any atom is 0.232 e. The summed E-state index contributed by atoms with van der Waals surface area (Å²) in [6.45, 7) is 2.21. The van der Waals surface area contributed by atoms with Crippen LogP contribution < -0.4 is 9.64 Å². The Morgan fingerprint density at radius 2 is 1.83 bits per heavy atom. The van der Waals surface area contributed by atoms with Crippen molar-refractivity contribution in [1.29, 1.82) is 0 Å². The summed E-state index contributed by atoms with van der Waals surface area (Å²) in [5.41, 5.74) is 1.04. The Balaban J connectivity index is 1.79. The van der Waals surface area contributed by atoms with Gasteiger partial charge in [-0.1, -0.05) is 39.0 Å². The Labute approximate surface area is 140 Å². The van der Waals surface area contributed by atoms with E-state index in [2.05, 4.69) is 11.8 Å². The van der Waals surface area contributed by atoms with E-state index in [1.807, 2.05) is 24.3 Å². The standard InChI is InChI=1S/C20H29NO2/c1-3-4-10-18-19(15-8-6-5-7-9-15)21(20(18)22)16-11-13-17(23-2)14-12-16/h11-15,18-19H,3-10H2,1-2H3/t18-,19+/m1/s1. The first-order chi connectivity index (χ1) is 11.3. The molecule has 2 atom stereocenters. The minimum atomic E-state index is 0.250. The molecule has 2 fully saturated rings. The number of ether oxygens (including phenoxy) is 1. The number of carbonyl (C=O) groups excluding carboxylic acids is 1. The molecule has 0 aromatic heterocycles. The average Bonchev–Trinajstić information content (AvgIpc) is 2.61. The molecule has 1 aliphatic carbocycles. The molecule has 3 rings (SSSR count). The molecule has 0 spiro atoms. The van der Waals surface area contributed by atoms with E-state index in [0.717, 1.165) is 24.3 Å². The van der Waals surface area contributed by atoms with Crippen LogP contribution in [0, 0.1) is 11.8 Å². The Morgan fingerprint density at radius 3 is 2.43 bits per heavy atom. The van der Waals surface area contributed by atoms with Gasteiger partial charge in [-0.15, -0.1) is 0 Å². The predicted octanol–water partition coefficient (Wildman–Crippen LogP) is 4.80. The van der Waals surface area contributed by atoms with Crippen LogP contribution in [0.1, 0.15) is 58.3 Å². The zero-order chi connectivity index (χ0) is 16.2. The summed E-state index contributed by atoms with van der Waals surface area (Å²) in [5, 5.41) is 0. The smallest absolute Gasteiger partial charge is 0.232 e. The SMILES string of the molecule is CCCC[C@H]1C(=O)N(c2ccc(OC)cc2)[C@H]1C1CCCCC1. The van der Waals surface area contributed by atoms with Gasteiger partial charge in [0.2, 0.25) is 5.91 Å². The van der Waals surface area contributed by atoms with Gasteiger partial charge in [-0.05, 0) is 49.4 Å². The van der Waals surface area contributed by atoms with Crippen LogP contribution in [-0.4, -0.2) is 19.1 Å². The fourth-order valence-electron chi connectivity index (χ4n) is 4.34. The molecule has 1 heterocycles. The summed E-state index contributed by atoms with van der Waals surface area (Å²) < 4.78 is 5.24. The number of methoxy groups -OCH3 is 1. The minimum Gasteiger partial charge on any atom is -0.497 e. The molecule has 1 aliphatic heterocycles. The number of hydrogen-bond donors (Lipinski definition) is 0. The van der Waals surface area contributed by atoms with E-state index in [1.165, 1.54) is 38.5 Å². The van der Waals surface area contributed by atoms with E-state index >= 15 is 0 Å². The van der Waals surface area contributed by atoms with Crippen LogP contribution in [0.5, 0.6) is 5.75 Å². The van der Waals surface area contributed by atoms with Crippen LogP contribution in [0.4, 0.5) is 5.69 Å². The van der Waals surface area contributed by atoms with Gasteiger partial charge in [0.25, 0.3) is 0 Å². The molecule has 1 saturated carbocycles. The second-order valence-electron chi connectivity index (χ2n) is 7.04. The van der Waals surface area contributed by atoms with Crippen LogP contribution in [0.25, 0.3) is 0 Å². The zero-order valence-electron chi connectivity index (χ0n) is 14.5. The first-order valence-corrected chi connectivity index (χ1v) is 9.23. The summed E-state index contributed by atoms with van der Waals surface area (Å²) in [6.07, 6.45) is 9.97. The van der Waals surface area contributed by atoms with E-state index < -0.39 is 0 Å². The molecule has 126 valence electrons. The lowest BCUT2D eigenvalue weighted by Crippen LogP contribution is -2.64. The Kier molecular flexibility index (Phi) is 5.24. The Morgan fingerprint density at radius 1 is 1.13 bits per heavy atom. The summed E-state index contributed by atoms with van der Waals surface area (Å²) >= 11 is 0. The molecule has 1 saturated heterocycles. The Bertz CT molecular complexity index is 519. The van der Waals surface area contributed by atoms with Gasteiger partial charge in [0.15, 0.2) is 0 Å². The number of anilines is 1. The molecular weight excluding hydrogens is 286 g/mol. The molecule has 1 amide bonds. The van der Waals surface area contributed by atoms with Gasteiger partial charge in [0.1, 0.15) is 5.75 Å². The number of benzene rings is 1. The number of amides is 1. The van der Waals surface area contributed by atoms with Gasteiger partial charge in [-0.3, -0.25) is 4.79 Å². The van der Waals surface area contributed by atoms with Crippen molar-refractivity contribution in [2.45, 2.75) is 64.3 Å². The van der Waals surface area contributed by atoms with Crippen molar-refractivity contribution in [3.63, 3.8) is 0 Å². The van der Waals surface area contributed by atoms with Gasteiger partial charge < -0.3 is 9.64 Å². The molecule has 0 N–H and O–H groups in total. The topological polar surface area (TPSA) is 29.5 Å². The van der Waals surface area contributed by atoms with E-state index in [-0.39, 0.29) is 5.92 Å². The number of β-lactam (4-membered cyclic amide) rings is 1. The molecule has 0 bridgehead atoms. The Hall–Kier alpha value is -1.51. The monoisotopic (exact) mass is 315 g/mol. The maximum atomic E-state index is 12.8. The molecule has 0 radical (unpaired) electrons. The number of nitrogens with zero attached hydrogens (tertiary/aromatic N) is 1. The quantitative estimate of drug-likeness (QED) is 0.706. The predicted molar refractivity (Wildman–Crippen MR) is 93.9 cm³/mol. The molecule has 3 nitrogen and oxygen atoms in total. The van der Waals surface area contributed by atoms with Gasteiger partial charge in [0, 0.05) is 5.69 Å². The van der Waals surface area contributed by atoms with Crippen molar-refractivity contribution in [2.24, 2.45) is 11.8 Å². The molecule has 0 unspecified atom stereocenters. The maximum absolute atomic E-state index is 12.8. The first-order valence-electron chi connectivity index (χ1n) is 9.23. The van der Waals surface area contributed by atoms with E-state index in [0.29, 0.717) is 17.9 Å². The number of unbranched alkanes of at least 4 members (excludes halogenated alkanes) is 1. The average molecular weight is 315 g/mol. The van der Waals surface area contributed by atoms with Gasteiger partial charge in [-0.25, -0.2) is 0 Å². The molecule has 23 heavy (non-hydrogen) atoms. The third-order valence-electron chi connectivity index (χ3n) is 5.62. The number of carbonyl (C=O) groups is 1. The lowest BCUT2D eigenvalue weighted by atomic mass is 9.71. The summed E-state index contributed by atoms with van der Waals surface area (Å²) in [5.74, 6) is 2.11. The summed E-state index contributed by atoms with van der Waals surface area (Å²) in [7, 11) is 1.68. The number of hydrogen-bond acceptors (Lipinski definition) is 2. The molecule has 2 aliphatic rings. The van der Waals surface area contributed by atoms with E-state index in [4.69, 9.17) is 4.74 Å². The van der Waals surface area contributed by atoms with Crippen LogP contribution in [0.2, 0.25) is 0 Å². The minimum absolute atomic E-state index is 0.250. The van der Waals surface area contributed by atoms with Crippen molar-refractivity contribution in [2.75, 3.05) is 12.0 Å². The lowest BCUT2D eigenvalue weighted by Gasteiger charge is -2.52. The van der Waals surface area contributed by atoms with Crippen molar-refractivity contribution < 1.29 is 9.53 Å². The largest absolute Gasteiger partial charge is 0.497 e. The highest BCUT2D eigenvalue weighted by Gasteiger charge is 2.50. The van der Waals surface area contributed by atoms with Crippen molar-refractivity contribution >= 4 is 11.6 Å². The molecular formula is C20H29NO2. The van der Waals surface area contributed by atoms with Gasteiger partial charge in [0.05, 0.1) is 19.1 Å². The highest BCUT2D eigenvalue weighted by molar-refractivity contribution is 6.03. The van der Waals surface area contributed by atoms with Crippen LogP contribution >= 0.6 is 0 Å².